The highest BCUT2D eigenvalue weighted by molar-refractivity contribution is 5.95. The SMILES string of the molecule is COc1cc(NC(=O)N2CCC[C@H]2C(=O)OC(C)(C)C)ccc1NC(C)=O. The molecule has 1 aromatic rings. The van der Waals surface area contributed by atoms with Gasteiger partial charge in [0.15, 0.2) is 0 Å². The number of ether oxygens (including phenoxy) is 2. The fourth-order valence-corrected chi connectivity index (χ4v) is 2.88. The van der Waals surface area contributed by atoms with Crippen LogP contribution in [-0.4, -0.2) is 48.1 Å². The topological polar surface area (TPSA) is 97.0 Å². The molecule has 2 N–H and O–H groups in total. The lowest BCUT2D eigenvalue weighted by molar-refractivity contribution is -0.159. The van der Waals surface area contributed by atoms with Crippen LogP contribution in [0.2, 0.25) is 0 Å². The minimum absolute atomic E-state index is 0.220. The summed E-state index contributed by atoms with van der Waals surface area (Å²) in [6.45, 7) is 7.28. The Hall–Kier alpha value is -2.77. The molecule has 0 spiro atoms. The van der Waals surface area contributed by atoms with Crippen molar-refractivity contribution in [2.24, 2.45) is 0 Å². The predicted octanol–water partition coefficient (Wildman–Crippen LogP) is 2.99. The van der Waals surface area contributed by atoms with Crippen LogP contribution < -0.4 is 15.4 Å². The molecule has 1 aromatic carbocycles. The van der Waals surface area contributed by atoms with Crippen LogP contribution in [0.1, 0.15) is 40.5 Å². The molecule has 1 aliphatic rings. The maximum absolute atomic E-state index is 12.7. The molecular formula is C19H27N3O5. The number of benzene rings is 1. The fraction of sp³-hybridized carbons (Fsp3) is 0.526. The van der Waals surface area contributed by atoms with E-state index in [1.807, 2.05) is 0 Å². The van der Waals surface area contributed by atoms with Gasteiger partial charge in [-0.15, -0.1) is 0 Å². The predicted molar refractivity (Wildman–Crippen MR) is 102 cm³/mol. The number of methoxy groups -OCH3 is 1. The first-order valence-electron chi connectivity index (χ1n) is 8.87. The Kier molecular flexibility index (Phi) is 6.30. The first-order chi connectivity index (χ1) is 12.6. The average molecular weight is 377 g/mol. The van der Waals surface area contributed by atoms with Crippen molar-refractivity contribution in [3.8, 4) is 5.75 Å². The fourth-order valence-electron chi connectivity index (χ4n) is 2.88. The van der Waals surface area contributed by atoms with Crippen molar-refractivity contribution in [3.63, 3.8) is 0 Å². The van der Waals surface area contributed by atoms with Crippen LogP contribution in [0.15, 0.2) is 18.2 Å². The van der Waals surface area contributed by atoms with Gasteiger partial charge >= 0.3 is 12.0 Å². The van der Waals surface area contributed by atoms with E-state index >= 15 is 0 Å². The number of hydrogen-bond donors (Lipinski definition) is 2. The summed E-state index contributed by atoms with van der Waals surface area (Å²) < 4.78 is 10.7. The van der Waals surface area contributed by atoms with Crippen molar-refractivity contribution in [2.45, 2.75) is 52.2 Å². The number of hydrogen-bond acceptors (Lipinski definition) is 5. The Balaban J connectivity index is 2.09. The maximum atomic E-state index is 12.7. The number of carbonyl (C=O) groups excluding carboxylic acids is 3. The Bertz CT molecular complexity index is 727. The number of nitrogens with one attached hydrogen (secondary N) is 2. The molecule has 1 saturated heterocycles. The first kappa shape index (κ1) is 20.5. The largest absolute Gasteiger partial charge is 0.494 e. The molecule has 1 heterocycles. The summed E-state index contributed by atoms with van der Waals surface area (Å²) in [6.07, 6.45) is 1.31. The summed E-state index contributed by atoms with van der Waals surface area (Å²) >= 11 is 0. The summed E-state index contributed by atoms with van der Waals surface area (Å²) in [4.78, 5) is 37.7. The number of carbonyl (C=O) groups is 3. The van der Waals surface area contributed by atoms with Crippen LogP contribution in [0, 0.1) is 0 Å². The molecule has 1 fully saturated rings. The van der Waals surface area contributed by atoms with Gasteiger partial charge in [-0.2, -0.15) is 0 Å². The molecule has 8 nitrogen and oxygen atoms in total. The van der Waals surface area contributed by atoms with Gasteiger partial charge in [0.05, 0.1) is 12.8 Å². The van der Waals surface area contributed by atoms with Gasteiger partial charge in [-0.3, -0.25) is 4.79 Å². The monoisotopic (exact) mass is 377 g/mol. The van der Waals surface area contributed by atoms with Crippen LogP contribution in [0.25, 0.3) is 0 Å². The molecule has 0 saturated carbocycles. The van der Waals surface area contributed by atoms with E-state index in [1.165, 1.54) is 18.9 Å². The Morgan fingerprint density at radius 3 is 2.48 bits per heavy atom. The average Bonchev–Trinajstić information content (AvgIpc) is 3.04. The lowest BCUT2D eigenvalue weighted by Gasteiger charge is -2.27. The second kappa shape index (κ2) is 8.28. The van der Waals surface area contributed by atoms with Gasteiger partial charge in [0.25, 0.3) is 0 Å². The summed E-state index contributed by atoms with van der Waals surface area (Å²) in [5, 5.41) is 5.43. The molecule has 0 aliphatic carbocycles. The summed E-state index contributed by atoms with van der Waals surface area (Å²) in [5.74, 6) is -0.191. The molecule has 0 aromatic heterocycles. The standard InChI is InChI=1S/C19H27N3O5/c1-12(23)20-14-9-8-13(11-16(14)26-5)21-18(25)22-10-6-7-15(22)17(24)27-19(2,3)4/h8-9,11,15H,6-7,10H2,1-5H3,(H,20,23)(H,21,25)/t15-/m0/s1. The van der Waals surface area contributed by atoms with E-state index in [0.29, 0.717) is 30.1 Å². The van der Waals surface area contributed by atoms with Gasteiger partial charge in [0.1, 0.15) is 17.4 Å². The van der Waals surface area contributed by atoms with Gasteiger partial charge in [0.2, 0.25) is 5.91 Å². The van der Waals surface area contributed by atoms with Gasteiger partial charge in [-0.05, 0) is 45.7 Å². The molecule has 0 unspecified atom stereocenters. The van der Waals surface area contributed by atoms with E-state index in [9.17, 15) is 14.4 Å². The Morgan fingerprint density at radius 2 is 1.89 bits per heavy atom. The van der Waals surface area contributed by atoms with E-state index in [4.69, 9.17) is 9.47 Å². The highest BCUT2D eigenvalue weighted by atomic mass is 16.6. The lowest BCUT2D eigenvalue weighted by Crippen LogP contribution is -2.45. The number of nitrogens with zero attached hydrogens (tertiary/aromatic N) is 1. The van der Waals surface area contributed by atoms with Crippen molar-refractivity contribution in [1.82, 2.24) is 4.90 Å². The minimum atomic E-state index is -0.602. The first-order valence-corrected chi connectivity index (χ1v) is 8.87. The Labute approximate surface area is 159 Å². The molecule has 0 radical (unpaired) electrons. The van der Waals surface area contributed by atoms with Crippen molar-refractivity contribution < 1.29 is 23.9 Å². The summed E-state index contributed by atoms with van der Waals surface area (Å²) in [7, 11) is 1.48. The van der Waals surface area contributed by atoms with Gasteiger partial charge in [-0.1, -0.05) is 0 Å². The molecule has 3 amide bonds. The smallest absolute Gasteiger partial charge is 0.329 e. The zero-order chi connectivity index (χ0) is 20.2. The molecule has 8 heteroatoms. The van der Waals surface area contributed by atoms with Crippen LogP contribution >= 0.6 is 0 Å². The third-order valence-corrected chi connectivity index (χ3v) is 3.96. The van der Waals surface area contributed by atoms with Crippen molar-refractivity contribution in [2.75, 3.05) is 24.3 Å². The van der Waals surface area contributed by atoms with Crippen LogP contribution in [-0.2, 0) is 14.3 Å². The van der Waals surface area contributed by atoms with Crippen molar-refractivity contribution in [3.05, 3.63) is 18.2 Å². The van der Waals surface area contributed by atoms with E-state index in [-0.39, 0.29) is 11.9 Å². The van der Waals surface area contributed by atoms with Crippen molar-refractivity contribution in [1.29, 1.82) is 0 Å². The zero-order valence-electron chi connectivity index (χ0n) is 16.4. The third-order valence-electron chi connectivity index (χ3n) is 3.96. The summed E-state index contributed by atoms with van der Waals surface area (Å²) in [6, 6.07) is 3.94. The molecule has 148 valence electrons. The second-order valence-corrected chi connectivity index (χ2v) is 7.41. The van der Waals surface area contributed by atoms with Gasteiger partial charge in [0, 0.05) is 25.2 Å². The zero-order valence-corrected chi connectivity index (χ0v) is 16.4. The summed E-state index contributed by atoms with van der Waals surface area (Å²) in [5.41, 5.74) is 0.408. The van der Waals surface area contributed by atoms with E-state index < -0.39 is 17.6 Å². The molecule has 1 aliphatic heterocycles. The maximum Gasteiger partial charge on any atom is 0.329 e. The number of esters is 1. The Morgan fingerprint density at radius 1 is 1.19 bits per heavy atom. The van der Waals surface area contributed by atoms with E-state index in [1.54, 1.807) is 39.0 Å². The number of likely N-dealkylation sites (tertiary alicyclic amines) is 1. The lowest BCUT2D eigenvalue weighted by atomic mass is 10.1. The van der Waals surface area contributed by atoms with Crippen molar-refractivity contribution >= 4 is 29.3 Å². The number of rotatable bonds is 4. The van der Waals surface area contributed by atoms with Gasteiger partial charge in [-0.25, -0.2) is 9.59 Å². The highest BCUT2D eigenvalue weighted by Gasteiger charge is 2.37. The normalized spacial score (nSPS) is 16.6. The molecular weight excluding hydrogens is 350 g/mol. The van der Waals surface area contributed by atoms with Crippen LogP contribution in [0.5, 0.6) is 5.75 Å². The highest BCUT2D eigenvalue weighted by Crippen LogP contribution is 2.29. The quantitative estimate of drug-likeness (QED) is 0.786. The number of anilines is 2. The van der Waals surface area contributed by atoms with Crippen LogP contribution in [0.4, 0.5) is 16.2 Å². The van der Waals surface area contributed by atoms with E-state index in [2.05, 4.69) is 10.6 Å². The minimum Gasteiger partial charge on any atom is -0.494 e. The third kappa shape index (κ3) is 5.60. The van der Waals surface area contributed by atoms with Crippen LogP contribution in [0.3, 0.4) is 0 Å². The van der Waals surface area contributed by atoms with E-state index in [0.717, 1.165) is 6.42 Å². The second-order valence-electron chi connectivity index (χ2n) is 7.41. The molecule has 2 rings (SSSR count). The van der Waals surface area contributed by atoms with Gasteiger partial charge < -0.3 is 25.0 Å². The molecule has 1 atom stereocenters. The number of amides is 3. The molecule has 27 heavy (non-hydrogen) atoms. The number of urea groups is 1. The molecule has 0 bridgehead atoms.